The van der Waals surface area contributed by atoms with Crippen LogP contribution in [0.3, 0.4) is 0 Å². The minimum absolute atomic E-state index is 0.00152. The number of guanidine groups is 1. The first-order chi connectivity index (χ1) is 12.8. The predicted octanol–water partition coefficient (Wildman–Crippen LogP) is 2.78. The van der Waals surface area contributed by atoms with Gasteiger partial charge >= 0.3 is 0 Å². The quantitative estimate of drug-likeness (QED) is 0.436. The smallest absolute Gasteiger partial charge is 0.232 e. The molecule has 7 nitrogen and oxygen atoms in total. The molecule has 2 aromatic rings. The first-order valence-electron chi connectivity index (χ1n) is 8.72. The zero-order chi connectivity index (χ0) is 19.9. The van der Waals surface area contributed by atoms with Gasteiger partial charge in [-0.15, -0.1) is 0 Å². The van der Waals surface area contributed by atoms with Gasteiger partial charge in [0.2, 0.25) is 5.89 Å². The summed E-state index contributed by atoms with van der Waals surface area (Å²) in [6, 6.07) is 3.19. The van der Waals surface area contributed by atoms with Crippen molar-refractivity contribution < 1.29 is 18.0 Å². The number of nitrogens with one attached hydrogen (secondary N) is 2. The highest BCUT2D eigenvalue weighted by atomic mass is 19.1. The third-order valence-corrected chi connectivity index (χ3v) is 3.38. The molecule has 2 rings (SSSR count). The Morgan fingerprint density at radius 2 is 2.04 bits per heavy atom. The molecular formula is C18H25F2N5O2. The average molecular weight is 381 g/mol. The van der Waals surface area contributed by atoms with Crippen LogP contribution >= 0.6 is 0 Å². The number of rotatable bonds is 7. The van der Waals surface area contributed by atoms with Gasteiger partial charge in [-0.3, -0.25) is 0 Å². The van der Waals surface area contributed by atoms with E-state index in [1.165, 1.54) is 6.07 Å². The van der Waals surface area contributed by atoms with E-state index in [4.69, 9.17) is 9.26 Å². The summed E-state index contributed by atoms with van der Waals surface area (Å²) in [5.74, 6) is 0.213. The van der Waals surface area contributed by atoms with E-state index in [1.807, 2.05) is 27.7 Å². The first kappa shape index (κ1) is 20.6. The highest BCUT2D eigenvalue weighted by Gasteiger charge is 2.21. The third-order valence-electron chi connectivity index (χ3n) is 3.38. The van der Waals surface area contributed by atoms with Crippen LogP contribution in [0.4, 0.5) is 8.78 Å². The van der Waals surface area contributed by atoms with Gasteiger partial charge in [0.15, 0.2) is 23.4 Å². The lowest BCUT2D eigenvalue weighted by molar-refractivity contribution is 0.304. The highest BCUT2D eigenvalue weighted by molar-refractivity contribution is 5.79. The topological polar surface area (TPSA) is 84.6 Å². The minimum Gasteiger partial charge on any atom is -0.489 e. The average Bonchev–Trinajstić information content (AvgIpc) is 3.07. The zero-order valence-electron chi connectivity index (χ0n) is 16.0. The molecule has 0 aliphatic heterocycles. The first-order valence-corrected chi connectivity index (χ1v) is 8.72. The molecule has 0 amide bonds. The lowest BCUT2D eigenvalue weighted by atomic mass is 9.97. The van der Waals surface area contributed by atoms with Gasteiger partial charge < -0.3 is 19.9 Å². The number of benzene rings is 1. The molecule has 2 N–H and O–H groups in total. The monoisotopic (exact) mass is 381 g/mol. The van der Waals surface area contributed by atoms with E-state index in [2.05, 4.69) is 25.8 Å². The van der Waals surface area contributed by atoms with Gasteiger partial charge in [-0.25, -0.2) is 13.8 Å². The molecule has 0 bridgehead atoms. The van der Waals surface area contributed by atoms with Crippen LogP contribution in [0.15, 0.2) is 27.7 Å². The zero-order valence-corrected chi connectivity index (χ0v) is 16.0. The molecule has 0 aliphatic rings. The number of aromatic nitrogens is 2. The molecule has 0 spiro atoms. The van der Waals surface area contributed by atoms with Crippen LogP contribution in [0, 0.1) is 11.6 Å². The molecule has 1 aromatic heterocycles. The van der Waals surface area contributed by atoms with Crippen molar-refractivity contribution in [2.45, 2.75) is 39.7 Å². The summed E-state index contributed by atoms with van der Waals surface area (Å²) in [5.41, 5.74) is -0.218. The molecule has 0 radical (unpaired) electrons. The molecule has 0 saturated carbocycles. The molecule has 1 heterocycles. The lowest BCUT2D eigenvalue weighted by Crippen LogP contribution is -2.39. The summed E-state index contributed by atoms with van der Waals surface area (Å²) >= 11 is 0. The van der Waals surface area contributed by atoms with Gasteiger partial charge in [0.1, 0.15) is 19.0 Å². The fourth-order valence-corrected chi connectivity index (χ4v) is 2.04. The summed E-state index contributed by atoms with van der Waals surface area (Å²) in [4.78, 5) is 8.71. The second-order valence-electron chi connectivity index (χ2n) is 6.81. The van der Waals surface area contributed by atoms with Crippen LogP contribution in [0.2, 0.25) is 0 Å². The van der Waals surface area contributed by atoms with Gasteiger partial charge in [-0.1, -0.05) is 25.9 Å². The second-order valence-corrected chi connectivity index (χ2v) is 6.81. The molecule has 27 heavy (non-hydrogen) atoms. The van der Waals surface area contributed by atoms with Gasteiger partial charge in [0, 0.05) is 18.0 Å². The Labute approximate surface area is 157 Å². The number of halogens is 2. The molecular weight excluding hydrogens is 356 g/mol. The van der Waals surface area contributed by atoms with Crippen molar-refractivity contribution in [2.75, 3.05) is 19.7 Å². The van der Waals surface area contributed by atoms with Crippen molar-refractivity contribution >= 4 is 5.96 Å². The molecule has 0 aliphatic carbocycles. The van der Waals surface area contributed by atoms with Crippen LogP contribution in [0.5, 0.6) is 5.75 Å². The SMILES string of the molecule is CCNC(=NCc1noc(C(C)(C)C)n1)NCCOc1ccc(F)cc1F. The van der Waals surface area contributed by atoms with Crippen molar-refractivity contribution in [1.82, 2.24) is 20.8 Å². The summed E-state index contributed by atoms with van der Waals surface area (Å²) in [5, 5.41) is 10.1. The predicted molar refractivity (Wildman–Crippen MR) is 97.7 cm³/mol. The maximum atomic E-state index is 13.5. The van der Waals surface area contributed by atoms with Crippen LogP contribution < -0.4 is 15.4 Å². The Balaban J connectivity index is 1.85. The number of hydrogen-bond acceptors (Lipinski definition) is 5. The number of aliphatic imine (C=N–C) groups is 1. The van der Waals surface area contributed by atoms with Gasteiger partial charge in [0.25, 0.3) is 0 Å². The Bertz CT molecular complexity index is 771. The lowest BCUT2D eigenvalue weighted by Gasteiger charge is -2.12. The molecule has 0 atom stereocenters. The van der Waals surface area contributed by atoms with Crippen LogP contribution in [0.25, 0.3) is 0 Å². The summed E-state index contributed by atoms with van der Waals surface area (Å²) in [6.45, 7) is 9.38. The number of ether oxygens (including phenoxy) is 1. The fourth-order valence-electron chi connectivity index (χ4n) is 2.04. The number of hydrogen-bond donors (Lipinski definition) is 2. The summed E-state index contributed by atoms with van der Waals surface area (Å²) in [7, 11) is 0. The second kappa shape index (κ2) is 9.29. The Morgan fingerprint density at radius 3 is 2.67 bits per heavy atom. The third kappa shape index (κ3) is 6.50. The van der Waals surface area contributed by atoms with Crippen LogP contribution in [-0.4, -0.2) is 35.8 Å². The Morgan fingerprint density at radius 1 is 1.26 bits per heavy atom. The van der Waals surface area contributed by atoms with Crippen molar-refractivity contribution in [3.05, 3.63) is 41.5 Å². The highest BCUT2D eigenvalue weighted by Crippen LogP contribution is 2.19. The van der Waals surface area contributed by atoms with Gasteiger partial charge in [0.05, 0.1) is 6.54 Å². The fraction of sp³-hybridized carbons (Fsp3) is 0.500. The Hall–Kier alpha value is -2.71. The van der Waals surface area contributed by atoms with Crippen LogP contribution in [-0.2, 0) is 12.0 Å². The minimum atomic E-state index is -0.734. The largest absolute Gasteiger partial charge is 0.489 e. The molecule has 0 saturated heterocycles. The summed E-state index contributed by atoms with van der Waals surface area (Å²) < 4.78 is 36.9. The van der Waals surface area contributed by atoms with E-state index in [0.717, 1.165) is 12.1 Å². The maximum absolute atomic E-state index is 13.5. The van der Waals surface area contributed by atoms with Crippen LogP contribution in [0.1, 0.15) is 39.4 Å². The van der Waals surface area contributed by atoms with E-state index in [9.17, 15) is 8.78 Å². The van der Waals surface area contributed by atoms with Gasteiger partial charge in [-0.2, -0.15) is 4.98 Å². The van der Waals surface area contributed by atoms with E-state index in [-0.39, 0.29) is 24.3 Å². The van der Waals surface area contributed by atoms with Crippen molar-refractivity contribution in [2.24, 2.45) is 4.99 Å². The molecule has 0 unspecified atom stereocenters. The van der Waals surface area contributed by atoms with E-state index in [1.54, 1.807) is 0 Å². The van der Waals surface area contributed by atoms with Gasteiger partial charge in [-0.05, 0) is 19.1 Å². The molecule has 1 aromatic carbocycles. The van der Waals surface area contributed by atoms with E-state index in [0.29, 0.717) is 30.8 Å². The normalized spacial score (nSPS) is 12.1. The standard InChI is InChI=1S/C18H25F2N5O2/c1-5-21-17(23-11-15-24-16(27-25-15)18(2,3)4)22-8-9-26-14-7-6-12(19)10-13(14)20/h6-7,10H,5,8-9,11H2,1-4H3,(H2,21,22,23). The number of nitrogens with zero attached hydrogens (tertiary/aromatic N) is 3. The molecule has 9 heteroatoms. The van der Waals surface area contributed by atoms with Crippen molar-refractivity contribution in [1.29, 1.82) is 0 Å². The molecule has 148 valence electrons. The summed E-state index contributed by atoms with van der Waals surface area (Å²) in [6.07, 6.45) is 0. The Kier molecular flexibility index (Phi) is 7.09. The molecule has 0 fully saturated rings. The van der Waals surface area contributed by atoms with E-state index >= 15 is 0 Å². The maximum Gasteiger partial charge on any atom is 0.232 e. The van der Waals surface area contributed by atoms with E-state index < -0.39 is 11.6 Å². The van der Waals surface area contributed by atoms with Crippen molar-refractivity contribution in [3.63, 3.8) is 0 Å². The van der Waals surface area contributed by atoms with Crippen molar-refractivity contribution in [3.8, 4) is 5.75 Å².